The standard InChI is InChI=1S/C36H50N2O2/c1-3-5-9-25-15-19-27(20-16-25)23-37-31-13-7-11-29-33(31)35(39)30-12-8-14-32(34(30)36(29)40)38-24-28-21-17-26(18-22-28)10-6-4-2/h7-8,11-14,25-28,37-38H,3-6,9-10,15-24H2,1-2H3. The Kier molecular flexibility index (Phi) is 9.99. The zero-order chi connectivity index (χ0) is 27.9. The summed E-state index contributed by atoms with van der Waals surface area (Å²) >= 11 is 0. The molecular formula is C36H50N2O2. The number of ketones is 2. The van der Waals surface area contributed by atoms with Crippen molar-refractivity contribution in [2.75, 3.05) is 23.7 Å². The lowest BCUT2D eigenvalue weighted by molar-refractivity contribution is 0.0980. The van der Waals surface area contributed by atoms with Crippen LogP contribution >= 0.6 is 0 Å². The SMILES string of the molecule is CCCCC1CCC(CNc2cccc3c2C(=O)c2cccc(NCC4CCC(CCCC)CC4)c2C3=O)CC1. The Balaban J connectivity index is 1.23. The normalized spacial score (nSPS) is 24.4. The van der Waals surface area contributed by atoms with Crippen molar-refractivity contribution in [3.8, 4) is 0 Å². The molecule has 0 aromatic heterocycles. The quantitative estimate of drug-likeness (QED) is 0.239. The summed E-state index contributed by atoms with van der Waals surface area (Å²) in [5.74, 6) is 2.98. The average molecular weight is 543 g/mol. The van der Waals surface area contributed by atoms with Gasteiger partial charge < -0.3 is 10.6 Å². The molecule has 0 amide bonds. The van der Waals surface area contributed by atoms with Crippen LogP contribution in [-0.4, -0.2) is 24.7 Å². The highest BCUT2D eigenvalue weighted by Gasteiger charge is 2.34. The molecular weight excluding hydrogens is 492 g/mol. The van der Waals surface area contributed by atoms with Gasteiger partial charge in [0.2, 0.25) is 0 Å². The minimum atomic E-state index is -0.0314. The fourth-order valence-corrected chi connectivity index (χ4v) is 7.48. The predicted molar refractivity (Wildman–Crippen MR) is 167 cm³/mol. The van der Waals surface area contributed by atoms with E-state index in [9.17, 15) is 9.59 Å². The van der Waals surface area contributed by atoms with Gasteiger partial charge in [-0.15, -0.1) is 0 Å². The summed E-state index contributed by atoms with van der Waals surface area (Å²) < 4.78 is 0. The Bertz CT molecular complexity index is 1060. The van der Waals surface area contributed by atoms with Crippen LogP contribution in [0, 0.1) is 23.7 Å². The molecule has 2 saturated carbocycles. The number of rotatable bonds is 12. The number of benzene rings is 2. The van der Waals surface area contributed by atoms with Crippen LogP contribution in [0.25, 0.3) is 0 Å². The number of nitrogens with one attached hydrogen (secondary N) is 2. The summed E-state index contributed by atoms with van der Waals surface area (Å²) in [7, 11) is 0. The molecule has 0 spiro atoms. The molecule has 3 aliphatic rings. The third kappa shape index (κ3) is 6.64. The predicted octanol–water partition coefficient (Wildman–Crippen LogP) is 9.28. The average Bonchev–Trinajstić information content (AvgIpc) is 3.00. The summed E-state index contributed by atoms with van der Waals surface area (Å²) in [5.41, 5.74) is 3.81. The molecule has 216 valence electrons. The number of hydrogen-bond acceptors (Lipinski definition) is 4. The number of carbonyl (C=O) groups is 2. The second kappa shape index (κ2) is 13.8. The molecule has 0 atom stereocenters. The summed E-state index contributed by atoms with van der Waals surface area (Å²) in [5, 5.41) is 7.19. The van der Waals surface area contributed by atoms with Gasteiger partial charge in [0.1, 0.15) is 0 Å². The van der Waals surface area contributed by atoms with Crippen LogP contribution in [0.2, 0.25) is 0 Å². The Morgan fingerprint density at radius 1 is 0.575 bits per heavy atom. The van der Waals surface area contributed by atoms with Crippen molar-refractivity contribution in [1.29, 1.82) is 0 Å². The largest absolute Gasteiger partial charge is 0.384 e. The molecule has 2 fully saturated rings. The molecule has 0 unspecified atom stereocenters. The van der Waals surface area contributed by atoms with E-state index >= 15 is 0 Å². The van der Waals surface area contributed by atoms with Crippen LogP contribution in [0.3, 0.4) is 0 Å². The van der Waals surface area contributed by atoms with Gasteiger partial charge in [0.15, 0.2) is 11.6 Å². The minimum absolute atomic E-state index is 0.0314. The minimum Gasteiger partial charge on any atom is -0.384 e. The van der Waals surface area contributed by atoms with E-state index in [1.54, 1.807) is 0 Å². The number of unbranched alkanes of at least 4 members (excludes halogenated alkanes) is 2. The molecule has 4 heteroatoms. The van der Waals surface area contributed by atoms with Crippen molar-refractivity contribution in [2.24, 2.45) is 23.7 Å². The molecule has 0 bridgehead atoms. The molecule has 0 aliphatic heterocycles. The van der Waals surface area contributed by atoms with Gasteiger partial charge in [-0.05, 0) is 61.5 Å². The summed E-state index contributed by atoms with van der Waals surface area (Å²) in [6, 6.07) is 11.5. The lowest BCUT2D eigenvalue weighted by Crippen LogP contribution is -2.27. The Hall–Kier alpha value is -2.62. The Labute approximate surface area is 242 Å². The monoisotopic (exact) mass is 542 g/mol. The molecule has 0 radical (unpaired) electrons. The number of fused-ring (bicyclic) bond motifs is 2. The highest BCUT2D eigenvalue weighted by molar-refractivity contribution is 6.31. The zero-order valence-corrected chi connectivity index (χ0v) is 24.9. The lowest BCUT2D eigenvalue weighted by Gasteiger charge is -2.30. The molecule has 0 heterocycles. The van der Waals surface area contributed by atoms with Crippen molar-refractivity contribution >= 4 is 22.9 Å². The third-order valence-corrected chi connectivity index (χ3v) is 10.1. The van der Waals surface area contributed by atoms with E-state index < -0.39 is 0 Å². The van der Waals surface area contributed by atoms with E-state index in [0.29, 0.717) is 34.1 Å². The maximum absolute atomic E-state index is 13.8. The maximum Gasteiger partial charge on any atom is 0.196 e. The van der Waals surface area contributed by atoms with Gasteiger partial charge in [-0.25, -0.2) is 0 Å². The summed E-state index contributed by atoms with van der Waals surface area (Å²) in [6.07, 6.45) is 18.3. The second-order valence-corrected chi connectivity index (χ2v) is 12.9. The summed E-state index contributed by atoms with van der Waals surface area (Å²) in [6.45, 7) is 6.29. The van der Waals surface area contributed by atoms with Gasteiger partial charge >= 0.3 is 0 Å². The van der Waals surface area contributed by atoms with Crippen LogP contribution in [-0.2, 0) is 0 Å². The van der Waals surface area contributed by atoms with Crippen molar-refractivity contribution in [1.82, 2.24) is 0 Å². The highest BCUT2D eigenvalue weighted by Crippen LogP contribution is 2.38. The highest BCUT2D eigenvalue weighted by atomic mass is 16.1. The second-order valence-electron chi connectivity index (χ2n) is 12.9. The molecule has 0 saturated heterocycles. The van der Waals surface area contributed by atoms with Crippen molar-refractivity contribution in [2.45, 2.75) is 104 Å². The Morgan fingerprint density at radius 2 is 0.950 bits per heavy atom. The van der Waals surface area contributed by atoms with Crippen LogP contribution in [0.4, 0.5) is 11.4 Å². The smallest absolute Gasteiger partial charge is 0.196 e. The fourth-order valence-electron chi connectivity index (χ4n) is 7.48. The first-order chi connectivity index (χ1) is 19.6. The van der Waals surface area contributed by atoms with Gasteiger partial charge in [0.05, 0.1) is 11.1 Å². The van der Waals surface area contributed by atoms with Crippen molar-refractivity contribution in [3.05, 3.63) is 58.7 Å². The van der Waals surface area contributed by atoms with Crippen molar-refractivity contribution in [3.63, 3.8) is 0 Å². The van der Waals surface area contributed by atoms with Gasteiger partial charge in [0, 0.05) is 35.6 Å². The lowest BCUT2D eigenvalue weighted by atomic mass is 9.79. The van der Waals surface area contributed by atoms with Crippen LogP contribution in [0.15, 0.2) is 36.4 Å². The number of anilines is 2. The number of carbonyl (C=O) groups excluding carboxylic acids is 2. The van der Waals surface area contributed by atoms with Crippen LogP contribution < -0.4 is 10.6 Å². The maximum atomic E-state index is 13.8. The van der Waals surface area contributed by atoms with Gasteiger partial charge in [-0.2, -0.15) is 0 Å². The van der Waals surface area contributed by atoms with Crippen LogP contribution in [0.5, 0.6) is 0 Å². The van der Waals surface area contributed by atoms with Crippen LogP contribution in [0.1, 0.15) is 136 Å². The number of hydrogen-bond donors (Lipinski definition) is 2. The van der Waals surface area contributed by atoms with E-state index in [1.165, 1.54) is 89.9 Å². The topological polar surface area (TPSA) is 58.2 Å². The van der Waals surface area contributed by atoms with E-state index in [1.807, 2.05) is 36.4 Å². The van der Waals surface area contributed by atoms with E-state index in [4.69, 9.17) is 0 Å². The first-order valence-corrected chi connectivity index (χ1v) is 16.4. The molecule has 2 N–H and O–H groups in total. The van der Waals surface area contributed by atoms with Crippen molar-refractivity contribution < 1.29 is 9.59 Å². The first-order valence-electron chi connectivity index (χ1n) is 16.4. The van der Waals surface area contributed by atoms with Gasteiger partial charge in [-0.1, -0.05) is 102 Å². The van der Waals surface area contributed by atoms with E-state index in [2.05, 4.69) is 24.5 Å². The van der Waals surface area contributed by atoms with E-state index in [-0.39, 0.29) is 11.6 Å². The van der Waals surface area contributed by atoms with Gasteiger partial charge in [-0.3, -0.25) is 9.59 Å². The van der Waals surface area contributed by atoms with E-state index in [0.717, 1.165) is 36.3 Å². The molecule has 2 aromatic rings. The molecule has 40 heavy (non-hydrogen) atoms. The Morgan fingerprint density at radius 3 is 1.32 bits per heavy atom. The molecule has 2 aromatic carbocycles. The summed E-state index contributed by atoms with van der Waals surface area (Å²) in [4.78, 5) is 27.7. The van der Waals surface area contributed by atoms with Gasteiger partial charge in [0.25, 0.3) is 0 Å². The third-order valence-electron chi connectivity index (χ3n) is 10.1. The fraction of sp³-hybridized carbons (Fsp3) is 0.611. The molecule has 3 aliphatic carbocycles. The first kappa shape index (κ1) is 28.9. The molecule has 4 nitrogen and oxygen atoms in total. The zero-order valence-electron chi connectivity index (χ0n) is 24.9. The molecule has 5 rings (SSSR count).